The number of methoxy groups -OCH3 is 1. The van der Waals surface area contributed by atoms with Crippen LogP contribution in [0.2, 0.25) is 0 Å². The Morgan fingerprint density at radius 3 is 2.68 bits per heavy atom. The fraction of sp³-hybridized carbons (Fsp3) is 0.529. The Morgan fingerprint density at radius 2 is 2.05 bits per heavy atom. The van der Waals surface area contributed by atoms with Crippen molar-refractivity contribution in [2.75, 3.05) is 7.11 Å². The van der Waals surface area contributed by atoms with Gasteiger partial charge in [-0.2, -0.15) is 0 Å². The average Bonchev–Trinajstić information content (AvgIpc) is 3.32. The molecule has 0 aromatic heterocycles. The molecule has 2 rings (SSSR count). The molecule has 0 radical (unpaired) electrons. The van der Waals surface area contributed by atoms with Crippen molar-refractivity contribution < 1.29 is 19.1 Å². The van der Waals surface area contributed by atoms with E-state index in [0.29, 0.717) is 6.42 Å². The van der Waals surface area contributed by atoms with Gasteiger partial charge >= 0.3 is 5.97 Å². The molecule has 0 bridgehead atoms. The summed E-state index contributed by atoms with van der Waals surface area (Å²) in [6, 6.07) is 8.86. The average molecular weight is 305 g/mol. The van der Waals surface area contributed by atoms with Gasteiger partial charge in [-0.3, -0.25) is 4.79 Å². The standard InChI is InChI=1S/C17H23NO4/c1-3-4-10-14-15(22-14)16(19)18-13(17(20)21-2)11-12-8-6-5-7-9-12/h5-9,13-15H,3-4,10-11H2,1-2H3,(H,18,19)/t13-,14+,15-/m1/s1. The number of nitrogens with one attached hydrogen (secondary N) is 1. The van der Waals surface area contributed by atoms with E-state index in [1.807, 2.05) is 30.3 Å². The number of hydrogen-bond donors (Lipinski definition) is 1. The molecule has 1 aliphatic rings. The van der Waals surface area contributed by atoms with Crippen molar-refractivity contribution in [3.63, 3.8) is 0 Å². The Labute approximate surface area is 131 Å². The molecule has 3 atom stereocenters. The van der Waals surface area contributed by atoms with Gasteiger partial charge in [0.15, 0.2) is 6.10 Å². The first kappa shape index (κ1) is 16.5. The van der Waals surface area contributed by atoms with Crippen LogP contribution in [0.4, 0.5) is 0 Å². The van der Waals surface area contributed by atoms with Gasteiger partial charge in [0.05, 0.1) is 13.2 Å². The third-order valence-corrected chi connectivity index (χ3v) is 3.77. The molecule has 1 heterocycles. The fourth-order valence-electron chi connectivity index (χ4n) is 2.44. The first-order valence-electron chi connectivity index (χ1n) is 7.73. The van der Waals surface area contributed by atoms with Gasteiger partial charge in [0, 0.05) is 6.42 Å². The highest BCUT2D eigenvalue weighted by atomic mass is 16.6. The summed E-state index contributed by atoms with van der Waals surface area (Å²) in [7, 11) is 1.32. The van der Waals surface area contributed by atoms with Crippen molar-refractivity contribution in [1.82, 2.24) is 5.32 Å². The summed E-state index contributed by atoms with van der Waals surface area (Å²) in [5.74, 6) is -0.671. The van der Waals surface area contributed by atoms with E-state index in [2.05, 4.69) is 12.2 Å². The molecule has 0 spiro atoms. The molecule has 22 heavy (non-hydrogen) atoms. The van der Waals surface area contributed by atoms with E-state index >= 15 is 0 Å². The fourth-order valence-corrected chi connectivity index (χ4v) is 2.44. The smallest absolute Gasteiger partial charge is 0.328 e. The molecular weight excluding hydrogens is 282 g/mol. The summed E-state index contributed by atoms with van der Waals surface area (Å²) >= 11 is 0. The molecule has 1 N–H and O–H groups in total. The number of carbonyl (C=O) groups is 2. The highest BCUT2D eigenvalue weighted by molar-refractivity contribution is 5.88. The molecule has 1 aromatic carbocycles. The Kier molecular flexibility index (Phi) is 5.95. The van der Waals surface area contributed by atoms with Gasteiger partial charge in [0.1, 0.15) is 6.04 Å². The molecule has 5 heteroatoms. The number of epoxide rings is 1. The summed E-state index contributed by atoms with van der Waals surface area (Å²) < 4.78 is 10.2. The maximum absolute atomic E-state index is 12.2. The Balaban J connectivity index is 1.90. The second-order valence-corrected chi connectivity index (χ2v) is 5.51. The SMILES string of the molecule is CCCC[C@@H]1O[C@H]1C(=O)N[C@H](Cc1ccccc1)C(=O)OC. The van der Waals surface area contributed by atoms with E-state index in [4.69, 9.17) is 9.47 Å². The van der Waals surface area contributed by atoms with Crippen molar-refractivity contribution in [2.24, 2.45) is 0 Å². The molecular formula is C17H23NO4. The number of benzene rings is 1. The molecule has 0 saturated carbocycles. The highest BCUT2D eigenvalue weighted by Gasteiger charge is 2.45. The summed E-state index contributed by atoms with van der Waals surface area (Å²) in [4.78, 5) is 24.0. The van der Waals surface area contributed by atoms with Crippen molar-refractivity contribution in [1.29, 1.82) is 0 Å². The molecule has 1 amide bonds. The van der Waals surface area contributed by atoms with Crippen LogP contribution in [-0.4, -0.2) is 37.2 Å². The van der Waals surface area contributed by atoms with Gasteiger partial charge in [0.25, 0.3) is 5.91 Å². The van der Waals surface area contributed by atoms with Crippen molar-refractivity contribution in [3.8, 4) is 0 Å². The summed E-state index contributed by atoms with van der Waals surface area (Å²) in [6.07, 6.45) is 2.98. The zero-order chi connectivity index (χ0) is 15.9. The Bertz CT molecular complexity index is 503. The van der Waals surface area contributed by atoms with E-state index in [-0.39, 0.29) is 12.0 Å². The van der Waals surface area contributed by atoms with E-state index in [1.54, 1.807) is 0 Å². The number of ether oxygens (including phenoxy) is 2. The van der Waals surface area contributed by atoms with Crippen LogP contribution in [0, 0.1) is 0 Å². The molecule has 0 aliphatic carbocycles. The number of unbranched alkanes of at least 4 members (excludes halogenated alkanes) is 1. The molecule has 1 fully saturated rings. The van der Waals surface area contributed by atoms with E-state index in [0.717, 1.165) is 24.8 Å². The number of rotatable bonds is 8. The van der Waals surface area contributed by atoms with Crippen LogP contribution in [-0.2, 0) is 25.5 Å². The Hall–Kier alpha value is -1.88. The first-order valence-corrected chi connectivity index (χ1v) is 7.73. The number of carbonyl (C=O) groups excluding carboxylic acids is 2. The maximum atomic E-state index is 12.2. The third-order valence-electron chi connectivity index (χ3n) is 3.77. The largest absolute Gasteiger partial charge is 0.467 e. The van der Waals surface area contributed by atoms with Crippen LogP contribution in [0.3, 0.4) is 0 Å². The van der Waals surface area contributed by atoms with Crippen LogP contribution < -0.4 is 5.32 Å². The summed E-state index contributed by atoms with van der Waals surface area (Å²) in [5, 5.41) is 2.75. The van der Waals surface area contributed by atoms with Crippen molar-refractivity contribution in [3.05, 3.63) is 35.9 Å². The number of esters is 1. The van der Waals surface area contributed by atoms with Gasteiger partial charge in [-0.15, -0.1) is 0 Å². The predicted molar refractivity (Wildman–Crippen MR) is 82.3 cm³/mol. The molecule has 1 aliphatic heterocycles. The second kappa shape index (κ2) is 7.94. The maximum Gasteiger partial charge on any atom is 0.328 e. The van der Waals surface area contributed by atoms with Gasteiger partial charge in [-0.1, -0.05) is 50.1 Å². The normalized spacial score (nSPS) is 21.0. The molecule has 1 aromatic rings. The minimum Gasteiger partial charge on any atom is -0.467 e. The van der Waals surface area contributed by atoms with Gasteiger partial charge in [-0.05, 0) is 12.0 Å². The minimum atomic E-state index is -0.684. The molecule has 120 valence electrons. The van der Waals surface area contributed by atoms with Gasteiger partial charge < -0.3 is 14.8 Å². The van der Waals surface area contributed by atoms with Crippen LogP contribution in [0.1, 0.15) is 31.7 Å². The monoisotopic (exact) mass is 305 g/mol. The highest BCUT2D eigenvalue weighted by Crippen LogP contribution is 2.27. The summed E-state index contributed by atoms with van der Waals surface area (Å²) in [5.41, 5.74) is 0.970. The predicted octanol–water partition coefficient (Wildman–Crippen LogP) is 1.84. The lowest BCUT2D eigenvalue weighted by atomic mass is 10.1. The van der Waals surface area contributed by atoms with Crippen molar-refractivity contribution >= 4 is 11.9 Å². The molecule has 1 saturated heterocycles. The van der Waals surface area contributed by atoms with Gasteiger partial charge in [0.2, 0.25) is 0 Å². The summed E-state index contributed by atoms with van der Waals surface area (Å²) in [6.45, 7) is 2.10. The zero-order valence-electron chi connectivity index (χ0n) is 13.1. The quantitative estimate of drug-likeness (QED) is 0.588. The van der Waals surface area contributed by atoms with E-state index in [1.165, 1.54) is 7.11 Å². The molecule has 5 nitrogen and oxygen atoms in total. The number of hydrogen-bond acceptors (Lipinski definition) is 4. The lowest BCUT2D eigenvalue weighted by molar-refractivity contribution is -0.145. The van der Waals surface area contributed by atoms with Crippen LogP contribution in [0.15, 0.2) is 30.3 Å². The van der Waals surface area contributed by atoms with Crippen LogP contribution in [0.5, 0.6) is 0 Å². The van der Waals surface area contributed by atoms with Crippen LogP contribution >= 0.6 is 0 Å². The lowest BCUT2D eigenvalue weighted by Gasteiger charge is -2.16. The van der Waals surface area contributed by atoms with Gasteiger partial charge in [-0.25, -0.2) is 4.79 Å². The zero-order valence-corrected chi connectivity index (χ0v) is 13.1. The minimum absolute atomic E-state index is 0.00466. The van der Waals surface area contributed by atoms with E-state index < -0.39 is 18.1 Å². The van der Waals surface area contributed by atoms with Crippen molar-refractivity contribution in [2.45, 2.75) is 50.9 Å². The van der Waals surface area contributed by atoms with E-state index in [9.17, 15) is 9.59 Å². The van der Waals surface area contributed by atoms with Crippen LogP contribution in [0.25, 0.3) is 0 Å². The lowest BCUT2D eigenvalue weighted by Crippen LogP contribution is -2.45. The third kappa shape index (κ3) is 4.56. The number of amides is 1. The first-order chi connectivity index (χ1) is 10.7. The second-order valence-electron chi connectivity index (χ2n) is 5.51. The Morgan fingerprint density at radius 1 is 1.32 bits per heavy atom. The molecule has 0 unspecified atom stereocenters. The topological polar surface area (TPSA) is 67.9 Å².